The average Bonchev–Trinajstić information content (AvgIpc) is 3.14. The standard InChI is InChI=1S/C17H16N2O4S3/c18-25(20,21)14-8-4-9-15(12-14)26(22,23)19-17(16-10-5-11-24-16)13-6-2-1-3-7-13/h1-12,17,19H,(H2,18,20,21)/t17-/m0/s1. The molecule has 0 fully saturated rings. The van der Waals surface area contributed by atoms with Crippen molar-refractivity contribution in [2.24, 2.45) is 5.14 Å². The summed E-state index contributed by atoms with van der Waals surface area (Å²) in [5, 5.41) is 6.96. The van der Waals surface area contributed by atoms with Crippen LogP contribution in [-0.4, -0.2) is 16.8 Å². The van der Waals surface area contributed by atoms with Gasteiger partial charge < -0.3 is 0 Å². The normalized spacial score (nSPS) is 13.4. The molecule has 0 aliphatic heterocycles. The van der Waals surface area contributed by atoms with Crippen LogP contribution in [0.15, 0.2) is 81.9 Å². The second kappa shape index (κ2) is 7.29. The summed E-state index contributed by atoms with van der Waals surface area (Å²) in [4.78, 5) is 0.400. The number of hydrogen-bond acceptors (Lipinski definition) is 5. The molecule has 1 heterocycles. The van der Waals surface area contributed by atoms with Crippen LogP contribution in [0.4, 0.5) is 0 Å². The zero-order valence-electron chi connectivity index (χ0n) is 13.4. The maximum atomic E-state index is 12.8. The molecule has 3 rings (SSSR count). The van der Waals surface area contributed by atoms with Crippen LogP contribution >= 0.6 is 11.3 Å². The first kappa shape index (κ1) is 18.7. The van der Waals surface area contributed by atoms with Crippen molar-refractivity contribution in [1.29, 1.82) is 0 Å². The highest BCUT2D eigenvalue weighted by Crippen LogP contribution is 2.28. The molecule has 26 heavy (non-hydrogen) atoms. The molecule has 0 bridgehead atoms. The molecule has 0 saturated heterocycles. The maximum Gasteiger partial charge on any atom is 0.241 e. The lowest BCUT2D eigenvalue weighted by Crippen LogP contribution is -2.29. The van der Waals surface area contributed by atoms with Crippen molar-refractivity contribution in [3.63, 3.8) is 0 Å². The van der Waals surface area contributed by atoms with E-state index in [9.17, 15) is 16.8 Å². The Hall–Kier alpha value is -2.04. The van der Waals surface area contributed by atoms with Crippen molar-refractivity contribution < 1.29 is 16.8 Å². The van der Waals surface area contributed by atoms with Crippen molar-refractivity contribution in [3.05, 3.63) is 82.6 Å². The Labute approximate surface area is 156 Å². The molecule has 0 aliphatic rings. The first-order chi connectivity index (χ1) is 12.3. The van der Waals surface area contributed by atoms with Crippen molar-refractivity contribution in [2.45, 2.75) is 15.8 Å². The van der Waals surface area contributed by atoms with Gasteiger partial charge in [-0.05, 0) is 35.2 Å². The average molecular weight is 409 g/mol. The van der Waals surface area contributed by atoms with Gasteiger partial charge in [-0.3, -0.25) is 0 Å². The van der Waals surface area contributed by atoms with Gasteiger partial charge in [0.15, 0.2) is 0 Å². The number of nitrogens with one attached hydrogen (secondary N) is 1. The third-order valence-electron chi connectivity index (χ3n) is 3.68. The molecule has 0 spiro atoms. The number of rotatable bonds is 6. The zero-order valence-corrected chi connectivity index (χ0v) is 15.9. The number of thiophene rings is 1. The Kier molecular flexibility index (Phi) is 5.26. The van der Waals surface area contributed by atoms with Crippen LogP contribution in [-0.2, 0) is 20.0 Å². The third-order valence-corrected chi connectivity index (χ3v) is 6.95. The maximum absolute atomic E-state index is 12.8. The molecule has 2 aromatic carbocycles. The van der Waals surface area contributed by atoms with Gasteiger partial charge in [-0.15, -0.1) is 11.3 Å². The summed E-state index contributed by atoms with van der Waals surface area (Å²) in [5.41, 5.74) is 0.779. The zero-order chi connectivity index (χ0) is 18.8. The lowest BCUT2D eigenvalue weighted by atomic mass is 10.1. The van der Waals surface area contributed by atoms with E-state index >= 15 is 0 Å². The second-order valence-electron chi connectivity index (χ2n) is 5.50. The predicted octanol–water partition coefficient (Wildman–Crippen LogP) is 2.46. The van der Waals surface area contributed by atoms with Crippen LogP contribution in [0, 0.1) is 0 Å². The highest BCUT2D eigenvalue weighted by molar-refractivity contribution is 7.90. The highest BCUT2D eigenvalue weighted by Gasteiger charge is 2.24. The molecule has 9 heteroatoms. The molecule has 3 aromatic rings. The van der Waals surface area contributed by atoms with Crippen LogP contribution in [0.3, 0.4) is 0 Å². The van der Waals surface area contributed by atoms with Gasteiger partial charge >= 0.3 is 0 Å². The second-order valence-corrected chi connectivity index (χ2v) is 9.75. The summed E-state index contributed by atoms with van der Waals surface area (Å²) in [5.74, 6) is 0. The molecule has 1 aromatic heterocycles. The van der Waals surface area contributed by atoms with Crippen LogP contribution in [0.25, 0.3) is 0 Å². The van der Waals surface area contributed by atoms with Crippen molar-refractivity contribution in [2.75, 3.05) is 0 Å². The largest absolute Gasteiger partial charge is 0.241 e. The number of benzene rings is 2. The van der Waals surface area contributed by atoms with Crippen LogP contribution in [0.1, 0.15) is 16.5 Å². The summed E-state index contributed by atoms with van der Waals surface area (Å²) in [6.45, 7) is 0. The molecular formula is C17H16N2O4S3. The van der Waals surface area contributed by atoms with Gasteiger partial charge in [0, 0.05) is 4.88 Å². The monoisotopic (exact) mass is 408 g/mol. The lowest BCUT2D eigenvalue weighted by molar-refractivity contribution is 0.573. The number of sulfonamides is 2. The summed E-state index contributed by atoms with van der Waals surface area (Å²) >= 11 is 1.43. The van der Waals surface area contributed by atoms with E-state index in [0.717, 1.165) is 16.5 Å². The van der Waals surface area contributed by atoms with Crippen molar-refractivity contribution >= 4 is 31.4 Å². The Bertz CT molecular complexity index is 1090. The van der Waals surface area contributed by atoms with Crippen molar-refractivity contribution in [3.8, 4) is 0 Å². The van der Waals surface area contributed by atoms with Gasteiger partial charge in [0.2, 0.25) is 20.0 Å². The molecular weight excluding hydrogens is 392 g/mol. The van der Waals surface area contributed by atoms with Gasteiger partial charge in [-0.25, -0.2) is 22.0 Å². The summed E-state index contributed by atoms with van der Waals surface area (Å²) in [6.07, 6.45) is 0. The van der Waals surface area contributed by atoms with Crippen LogP contribution < -0.4 is 9.86 Å². The van der Waals surface area contributed by atoms with E-state index in [2.05, 4.69) is 4.72 Å². The molecule has 136 valence electrons. The Morgan fingerprint density at radius 1 is 0.846 bits per heavy atom. The minimum Gasteiger partial charge on any atom is -0.225 e. The Morgan fingerprint density at radius 2 is 1.54 bits per heavy atom. The summed E-state index contributed by atoms with van der Waals surface area (Å²) in [6, 6.07) is 17.2. The van der Waals surface area contributed by atoms with Gasteiger partial charge in [-0.2, -0.15) is 4.72 Å². The molecule has 0 aliphatic carbocycles. The molecule has 0 saturated carbocycles. The fourth-order valence-corrected chi connectivity index (χ4v) is 5.19. The molecule has 1 atom stereocenters. The van der Waals surface area contributed by atoms with E-state index in [0.29, 0.717) is 0 Å². The van der Waals surface area contributed by atoms with Gasteiger partial charge in [0.25, 0.3) is 0 Å². The number of nitrogens with two attached hydrogens (primary N) is 1. The fourth-order valence-electron chi connectivity index (χ4n) is 2.43. The van der Waals surface area contributed by atoms with Crippen molar-refractivity contribution in [1.82, 2.24) is 4.72 Å². The summed E-state index contributed by atoms with van der Waals surface area (Å²) in [7, 11) is -7.98. The van der Waals surface area contributed by atoms with Gasteiger partial charge in [0.1, 0.15) is 0 Å². The molecule has 3 N–H and O–H groups in total. The quantitative estimate of drug-likeness (QED) is 0.653. The first-order valence-electron chi connectivity index (χ1n) is 7.51. The topological polar surface area (TPSA) is 106 Å². The van der Waals surface area contributed by atoms with E-state index in [4.69, 9.17) is 5.14 Å². The Balaban J connectivity index is 2.01. The van der Waals surface area contributed by atoms with Crippen LogP contribution in [0.2, 0.25) is 0 Å². The van der Waals surface area contributed by atoms with E-state index in [1.165, 1.54) is 29.5 Å². The minimum atomic E-state index is -4.00. The minimum absolute atomic E-state index is 0.165. The van der Waals surface area contributed by atoms with Crippen LogP contribution in [0.5, 0.6) is 0 Å². The van der Waals surface area contributed by atoms with E-state index in [-0.39, 0.29) is 9.79 Å². The predicted molar refractivity (Wildman–Crippen MR) is 101 cm³/mol. The lowest BCUT2D eigenvalue weighted by Gasteiger charge is -2.18. The Morgan fingerprint density at radius 3 is 2.15 bits per heavy atom. The van der Waals surface area contributed by atoms with E-state index in [1.807, 2.05) is 47.8 Å². The SMILES string of the molecule is NS(=O)(=O)c1cccc(S(=O)(=O)N[C@@H](c2ccccc2)c2cccs2)c1. The van der Waals surface area contributed by atoms with Gasteiger partial charge in [-0.1, -0.05) is 42.5 Å². The number of primary sulfonamides is 1. The summed E-state index contributed by atoms with van der Waals surface area (Å²) < 4.78 is 51.4. The smallest absolute Gasteiger partial charge is 0.225 e. The first-order valence-corrected chi connectivity index (χ1v) is 11.4. The van der Waals surface area contributed by atoms with E-state index in [1.54, 1.807) is 0 Å². The van der Waals surface area contributed by atoms with E-state index < -0.39 is 26.1 Å². The highest BCUT2D eigenvalue weighted by atomic mass is 32.2. The third kappa shape index (κ3) is 4.19. The molecule has 0 unspecified atom stereocenters. The molecule has 0 amide bonds. The molecule has 6 nitrogen and oxygen atoms in total. The number of hydrogen-bond donors (Lipinski definition) is 2. The fraction of sp³-hybridized carbons (Fsp3) is 0.0588. The molecule has 0 radical (unpaired) electrons. The van der Waals surface area contributed by atoms with Gasteiger partial charge in [0.05, 0.1) is 15.8 Å².